The predicted octanol–water partition coefficient (Wildman–Crippen LogP) is 3.48. The van der Waals surface area contributed by atoms with Gasteiger partial charge in [-0.2, -0.15) is 0 Å². The molecular weight excluding hydrogens is 266 g/mol. The van der Waals surface area contributed by atoms with Gasteiger partial charge in [-0.3, -0.25) is 4.79 Å². The van der Waals surface area contributed by atoms with Gasteiger partial charge in [-0.15, -0.1) is 0 Å². The molecule has 0 fully saturated rings. The summed E-state index contributed by atoms with van der Waals surface area (Å²) in [6.45, 7) is 1.77. The Morgan fingerprint density at radius 1 is 1.24 bits per heavy atom. The largest absolute Gasteiger partial charge is 0.481 e. The molecule has 1 aromatic carbocycles. The van der Waals surface area contributed by atoms with E-state index in [1.54, 1.807) is 7.11 Å². The Morgan fingerprint density at radius 2 is 2.05 bits per heavy atom. The molecule has 2 rings (SSSR count). The van der Waals surface area contributed by atoms with Gasteiger partial charge in [0.15, 0.2) is 0 Å². The summed E-state index contributed by atoms with van der Waals surface area (Å²) in [5.74, 6) is -0.724. The molecule has 1 heterocycles. The highest BCUT2D eigenvalue weighted by atomic mass is 16.5. The first-order valence-corrected chi connectivity index (χ1v) is 7.50. The van der Waals surface area contributed by atoms with Crippen LogP contribution in [0, 0.1) is 0 Å². The summed E-state index contributed by atoms with van der Waals surface area (Å²) < 4.78 is 7.36. The van der Waals surface area contributed by atoms with Crippen molar-refractivity contribution in [2.75, 3.05) is 13.7 Å². The van der Waals surface area contributed by atoms with E-state index in [4.69, 9.17) is 9.84 Å². The fourth-order valence-corrected chi connectivity index (χ4v) is 2.67. The number of carboxylic acids is 1. The smallest absolute Gasteiger partial charge is 0.303 e. The lowest BCUT2D eigenvalue weighted by Gasteiger charge is -2.04. The van der Waals surface area contributed by atoms with Gasteiger partial charge >= 0.3 is 5.97 Å². The lowest BCUT2D eigenvalue weighted by Crippen LogP contribution is -1.98. The van der Waals surface area contributed by atoms with Gasteiger partial charge in [-0.25, -0.2) is 0 Å². The second kappa shape index (κ2) is 7.84. The number of fused-ring (bicyclic) bond motifs is 1. The van der Waals surface area contributed by atoms with Crippen LogP contribution in [-0.2, 0) is 22.5 Å². The highest BCUT2D eigenvalue weighted by molar-refractivity contribution is 5.84. The van der Waals surface area contributed by atoms with E-state index in [9.17, 15) is 4.79 Å². The average Bonchev–Trinajstić information content (AvgIpc) is 2.82. The molecule has 0 saturated carbocycles. The SMILES string of the molecule is COCCCCn1cc(CCCC(=O)O)c2ccccc21. The summed E-state index contributed by atoms with van der Waals surface area (Å²) in [7, 11) is 1.73. The van der Waals surface area contributed by atoms with Crippen molar-refractivity contribution in [1.82, 2.24) is 4.57 Å². The van der Waals surface area contributed by atoms with Crippen LogP contribution in [0.2, 0.25) is 0 Å². The van der Waals surface area contributed by atoms with Crippen molar-refractivity contribution in [1.29, 1.82) is 0 Å². The van der Waals surface area contributed by atoms with Crippen LogP contribution >= 0.6 is 0 Å². The molecule has 21 heavy (non-hydrogen) atoms. The number of unbranched alkanes of at least 4 members (excludes halogenated alkanes) is 1. The first-order valence-electron chi connectivity index (χ1n) is 7.50. The summed E-state index contributed by atoms with van der Waals surface area (Å²) in [4.78, 5) is 10.6. The van der Waals surface area contributed by atoms with Gasteiger partial charge in [-0.1, -0.05) is 18.2 Å². The number of hydrogen-bond acceptors (Lipinski definition) is 2. The second-order valence-corrected chi connectivity index (χ2v) is 5.31. The minimum Gasteiger partial charge on any atom is -0.481 e. The third-order valence-corrected chi connectivity index (χ3v) is 3.71. The maximum absolute atomic E-state index is 10.6. The Balaban J connectivity index is 2.08. The zero-order valence-electron chi connectivity index (χ0n) is 12.5. The van der Waals surface area contributed by atoms with E-state index >= 15 is 0 Å². The molecule has 0 saturated heterocycles. The molecule has 0 aliphatic heterocycles. The number of aromatic nitrogens is 1. The number of aliphatic carboxylic acids is 1. The fourth-order valence-electron chi connectivity index (χ4n) is 2.67. The van der Waals surface area contributed by atoms with Crippen LogP contribution in [-0.4, -0.2) is 29.4 Å². The van der Waals surface area contributed by atoms with E-state index in [-0.39, 0.29) is 6.42 Å². The lowest BCUT2D eigenvalue weighted by atomic mass is 10.1. The van der Waals surface area contributed by atoms with Crippen LogP contribution in [0.15, 0.2) is 30.5 Å². The number of rotatable bonds is 9. The average molecular weight is 289 g/mol. The number of para-hydroxylation sites is 1. The number of hydrogen-bond donors (Lipinski definition) is 1. The molecule has 0 aliphatic rings. The van der Waals surface area contributed by atoms with E-state index in [1.807, 2.05) is 6.07 Å². The Kier molecular flexibility index (Phi) is 5.81. The molecule has 2 aromatic rings. The molecule has 1 N–H and O–H groups in total. The number of carboxylic acid groups (broad SMARTS) is 1. The number of benzene rings is 1. The minimum atomic E-state index is -0.724. The third kappa shape index (κ3) is 4.33. The molecule has 4 nitrogen and oxygen atoms in total. The van der Waals surface area contributed by atoms with Crippen molar-refractivity contribution in [3.8, 4) is 0 Å². The van der Waals surface area contributed by atoms with Gasteiger partial charge in [0.25, 0.3) is 0 Å². The van der Waals surface area contributed by atoms with Crippen LogP contribution in [0.3, 0.4) is 0 Å². The third-order valence-electron chi connectivity index (χ3n) is 3.71. The van der Waals surface area contributed by atoms with Crippen molar-refractivity contribution in [2.24, 2.45) is 0 Å². The molecule has 114 valence electrons. The van der Waals surface area contributed by atoms with Crippen LogP contribution in [0.4, 0.5) is 0 Å². The first-order chi connectivity index (χ1) is 10.2. The van der Waals surface area contributed by atoms with Gasteiger partial charge in [-0.05, 0) is 37.3 Å². The van der Waals surface area contributed by atoms with E-state index in [2.05, 4.69) is 29.0 Å². The fraction of sp³-hybridized carbons (Fsp3) is 0.471. The van der Waals surface area contributed by atoms with Crippen LogP contribution in [0.1, 0.15) is 31.2 Å². The Hall–Kier alpha value is -1.81. The topological polar surface area (TPSA) is 51.5 Å². The van der Waals surface area contributed by atoms with Gasteiger partial charge < -0.3 is 14.4 Å². The minimum absolute atomic E-state index is 0.230. The number of nitrogens with zero attached hydrogens (tertiary/aromatic N) is 1. The Bertz CT molecular complexity index is 589. The summed E-state index contributed by atoms with van der Waals surface area (Å²) >= 11 is 0. The summed E-state index contributed by atoms with van der Waals surface area (Å²) in [5, 5.41) is 10.0. The van der Waals surface area contributed by atoms with Crippen molar-refractivity contribution in [3.05, 3.63) is 36.0 Å². The lowest BCUT2D eigenvalue weighted by molar-refractivity contribution is -0.137. The second-order valence-electron chi connectivity index (χ2n) is 5.31. The maximum atomic E-state index is 10.6. The van der Waals surface area contributed by atoms with Crippen molar-refractivity contribution >= 4 is 16.9 Å². The molecule has 0 aliphatic carbocycles. The predicted molar refractivity (Wildman–Crippen MR) is 83.6 cm³/mol. The van der Waals surface area contributed by atoms with Gasteiger partial charge in [0.2, 0.25) is 0 Å². The summed E-state index contributed by atoms with van der Waals surface area (Å²) in [6.07, 6.45) is 6.05. The van der Waals surface area contributed by atoms with Crippen molar-refractivity contribution < 1.29 is 14.6 Å². The monoisotopic (exact) mass is 289 g/mol. The molecular formula is C17H23NO3. The van der Waals surface area contributed by atoms with Crippen LogP contribution in [0.5, 0.6) is 0 Å². The van der Waals surface area contributed by atoms with Crippen molar-refractivity contribution in [2.45, 2.75) is 38.6 Å². The molecule has 0 atom stereocenters. The Labute approximate surface area is 125 Å². The van der Waals surface area contributed by atoms with E-state index < -0.39 is 5.97 Å². The van der Waals surface area contributed by atoms with E-state index in [1.165, 1.54) is 16.5 Å². The molecule has 0 bridgehead atoms. The summed E-state index contributed by atoms with van der Waals surface area (Å²) in [6, 6.07) is 8.34. The van der Waals surface area contributed by atoms with Gasteiger partial charge in [0, 0.05) is 43.8 Å². The number of aryl methyl sites for hydroxylation is 2. The molecule has 0 unspecified atom stereocenters. The standard InChI is InChI=1S/C17H23NO3/c1-21-12-5-4-11-18-13-14(7-6-10-17(19)20)15-8-2-3-9-16(15)18/h2-3,8-9,13H,4-7,10-12H2,1H3,(H,19,20). The number of carbonyl (C=O) groups is 1. The van der Waals surface area contributed by atoms with E-state index in [0.717, 1.165) is 32.4 Å². The van der Waals surface area contributed by atoms with E-state index in [0.29, 0.717) is 6.42 Å². The highest BCUT2D eigenvalue weighted by Gasteiger charge is 2.08. The number of methoxy groups -OCH3 is 1. The molecule has 4 heteroatoms. The van der Waals surface area contributed by atoms with Gasteiger partial charge in [0.1, 0.15) is 0 Å². The maximum Gasteiger partial charge on any atom is 0.303 e. The van der Waals surface area contributed by atoms with Crippen LogP contribution in [0.25, 0.3) is 10.9 Å². The molecule has 1 aromatic heterocycles. The molecule has 0 radical (unpaired) electrons. The van der Waals surface area contributed by atoms with Gasteiger partial charge in [0.05, 0.1) is 0 Å². The highest BCUT2D eigenvalue weighted by Crippen LogP contribution is 2.23. The van der Waals surface area contributed by atoms with Crippen molar-refractivity contribution in [3.63, 3.8) is 0 Å². The first kappa shape index (κ1) is 15.6. The zero-order valence-corrected chi connectivity index (χ0v) is 12.5. The summed E-state index contributed by atoms with van der Waals surface area (Å²) in [5.41, 5.74) is 2.49. The number of ether oxygens (including phenoxy) is 1. The van der Waals surface area contributed by atoms with Crippen LogP contribution < -0.4 is 0 Å². The zero-order chi connectivity index (χ0) is 15.1. The Morgan fingerprint density at radius 3 is 2.81 bits per heavy atom. The quantitative estimate of drug-likeness (QED) is 0.719. The molecule has 0 amide bonds. The normalized spacial score (nSPS) is 11.1. The molecule has 0 spiro atoms.